The Morgan fingerprint density at radius 2 is 1.84 bits per heavy atom. The molecule has 0 aliphatic heterocycles. The summed E-state index contributed by atoms with van der Waals surface area (Å²) in [6.45, 7) is 5.42. The molecule has 1 heterocycles. The van der Waals surface area contributed by atoms with Gasteiger partial charge in [-0.15, -0.1) is 5.92 Å². The molecule has 262 valence electrons. The number of aromatic nitrogens is 1. The van der Waals surface area contributed by atoms with Crippen LogP contribution in [0.3, 0.4) is 0 Å². The minimum absolute atomic E-state index is 0.0145. The van der Waals surface area contributed by atoms with Gasteiger partial charge in [0.25, 0.3) is 0 Å². The SMILES string of the molecule is C=C(Cc1cc2ccccc2[nH]1)C12CC#CC(NC(=NCCCO)NC3CCCCC3)CC3(O)C(O)CC4C3C1CCC1C2C=CCC41O. The molecule has 6 bridgehead atoms. The Morgan fingerprint density at radius 1 is 1.02 bits per heavy atom. The average molecular weight is 667 g/mol. The van der Waals surface area contributed by atoms with Crippen molar-refractivity contribution in [1.29, 1.82) is 0 Å². The van der Waals surface area contributed by atoms with Crippen LogP contribution in [0.4, 0.5) is 0 Å². The van der Waals surface area contributed by atoms with Crippen molar-refractivity contribution in [3.05, 3.63) is 60.3 Å². The third-order valence-corrected chi connectivity index (χ3v) is 13.7. The summed E-state index contributed by atoms with van der Waals surface area (Å²) in [6, 6.07) is 10.4. The standard InChI is InChI=1S/C41H54N4O4/c1-26(22-30-23-27-10-5-6-15-35(27)43-30)39-18-7-13-29(45-38(42-20-9-21-46)44-28-11-3-2-4-12-28)25-41(49)36(47)24-34-37(41)33(39)17-16-32-31(39)14-8-19-40(32,34)48/h5-6,8,10,14-15,23,28-29,31-34,36-37,43,46-49H,1-4,9,11-12,16-22,24-25H2,(H2,42,44,45). The lowest BCUT2D eigenvalue weighted by Crippen LogP contribution is -2.56. The molecule has 4 fully saturated rings. The first-order valence-electron chi connectivity index (χ1n) is 19.0. The monoisotopic (exact) mass is 666 g/mol. The molecule has 6 aliphatic carbocycles. The number of nitrogens with one attached hydrogen (secondary N) is 3. The first kappa shape index (κ1) is 33.1. The number of H-pyrrole nitrogens is 1. The summed E-state index contributed by atoms with van der Waals surface area (Å²) in [6.07, 6.45) is 14.1. The van der Waals surface area contributed by atoms with Gasteiger partial charge in [0.15, 0.2) is 5.96 Å². The van der Waals surface area contributed by atoms with Gasteiger partial charge in [-0.2, -0.15) is 0 Å². The average Bonchev–Trinajstić information content (AvgIpc) is 3.58. The van der Waals surface area contributed by atoms with Crippen LogP contribution in [-0.2, 0) is 6.42 Å². The Balaban J connectivity index is 1.20. The molecule has 8 rings (SSSR count). The Hall–Kier alpha value is -3.09. The van der Waals surface area contributed by atoms with Crippen molar-refractivity contribution >= 4 is 16.9 Å². The van der Waals surface area contributed by atoms with Crippen molar-refractivity contribution in [2.45, 2.75) is 113 Å². The molecule has 0 radical (unpaired) electrons. The van der Waals surface area contributed by atoms with E-state index >= 15 is 0 Å². The molecule has 7 N–H and O–H groups in total. The van der Waals surface area contributed by atoms with E-state index in [1.54, 1.807) is 0 Å². The van der Waals surface area contributed by atoms with Gasteiger partial charge in [-0.3, -0.25) is 4.99 Å². The first-order chi connectivity index (χ1) is 23.8. The van der Waals surface area contributed by atoms with Crippen LogP contribution in [-0.4, -0.2) is 73.9 Å². The molecule has 8 heteroatoms. The van der Waals surface area contributed by atoms with Crippen LogP contribution in [0, 0.1) is 46.8 Å². The predicted molar refractivity (Wildman–Crippen MR) is 192 cm³/mol. The van der Waals surface area contributed by atoms with Gasteiger partial charge in [0.1, 0.15) is 0 Å². The van der Waals surface area contributed by atoms with E-state index in [1.165, 1.54) is 24.6 Å². The summed E-state index contributed by atoms with van der Waals surface area (Å²) in [4.78, 5) is 8.45. The molecule has 0 saturated heterocycles. The second-order valence-electron chi connectivity index (χ2n) is 16.2. The fourth-order valence-electron chi connectivity index (χ4n) is 11.6. The normalized spacial score (nSPS) is 39.8. The van der Waals surface area contributed by atoms with E-state index in [1.807, 2.05) is 6.07 Å². The van der Waals surface area contributed by atoms with Crippen LogP contribution < -0.4 is 10.6 Å². The van der Waals surface area contributed by atoms with E-state index in [0.717, 1.165) is 42.5 Å². The second-order valence-corrected chi connectivity index (χ2v) is 16.2. The highest BCUT2D eigenvalue weighted by Gasteiger charge is 2.72. The Bertz CT molecular complexity index is 1650. The van der Waals surface area contributed by atoms with Crippen LogP contribution in [0.5, 0.6) is 0 Å². The molecular weight excluding hydrogens is 612 g/mol. The summed E-state index contributed by atoms with van der Waals surface area (Å²) in [5.74, 6) is 7.41. The molecule has 0 spiro atoms. The minimum atomic E-state index is -1.44. The number of benzene rings is 1. The van der Waals surface area contributed by atoms with Crippen molar-refractivity contribution < 1.29 is 20.4 Å². The third kappa shape index (κ3) is 5.47. The number of aliphatic hydroxyl groups is 4. The fourth-order valence-corrected chi connectivity index (χ4v) is 11.6. The number of para-hydroxylation sites is 1. The zero-order valence-corrected chi connectivity index (χ0v) is 28.7. The van der Waals surface area contributed by atoms with E-state index in [-0.39, 0.29) is 42.6 Å². The fraction of sp³-hybridized carbons (Fsp3) is 0.634. The van der Waals surface area contributed by atoms with Crippen LogP contribution in [0.2, 0.25) is 0 Å². The summed E-state index contributed by atoms with van der Waals surface area (Å²) in [5.41, 5.74) is 0.404. The molecule has 0 amide bonds. The molecule has 6 aliphatic rings. The lowest BCUT2D eigenvalue weighted by Gasteiger charge is -2.56. The number of nitrogens with zero attached hydrogens (tertiary/aromatic N) is 1. The molecule has 10 unspecified atom stereocenters. The molecule has 10 atom stereocenters. The zero-order chi connectivity index (χ0) is 33.8. The van der Waals surface area contributed by atoms with Crippen molar-refractivity contribution in [3.63, 3.8) is 0 Å². The molecule has 2 aromatic rings. The highest BCUT2D eigenvalue weighted by molar-refractivity contribution is 5.81. The number of rotatable bonds is 8. The second kappa shape index (κ2) is 12.9. The van der Waals surface area contributed by atoms with Crippen molar-refractivity contribution in [1.82, 2.24) is 15.6 Å². The molecular formula is C41H54N4O4. The van der Waals surface area contributed by atoms with E-state index in [4.69, 9.17) is 11.6 Å². The Morgan fingerprint density at radius 3 is 2.65 bits per heavy atom. The number of guanidine groups is 1. The number of fused-ring (bicyclic) bond motifs is 2. The van der Waals surface area contributed by atoms with Gasteiger partial charge in [-0.25, -0.2) is 0 Å². The molecule has 8 nitrogen and oxygen atoms in total. The predicted octanol–water partition coefficient (Wildman–Crippen LogP) is 4.74. The van der Waals surface area contributed by atoms with E-state index < -0.39 is 28.8 Å². The Kier molecular flexibility index (Phi) is 8.71. The van der Waals surface area contributed by atoms with Crippen molar-refractivity contribution in [2.75, 3.05) is 13.2 Å². The highest BCUT2D eigenvalue weighted by Crippen LogP contribution is 2.71. The van der Waals surface area contributed by atoms with Gasteiger partial charge in [0.05, 0.1) is 23.3 Å². The number of hydrogen-bond acceptors (Lipinski definition) is 5. The number of aromatic amines is 1. The smallest absolute Gasteiger partial charge is 0.192 e. The number of allylic oxidation sites excluding steroid dienone is 2. The van der Waals surface area contributed by atoms with Gasteiger partial charge in [0.2, 0.25) is 0 Å². The quantitative estimate of drug-likeness (QED) is 0.0716. The van der Waals surface area contributed by atoms with Crippen LogP contribution in [0.15, 0.2) is 59.6 Å². The van der Waals surface area contributed by atoms with Gasteiger partial charge < -0.3 is 36.0 Å². The van der Waals surface area contributed by atoms with Gasteiger partial charge in [0, 0.05) is 55.1 Å². The topological polar surface area (TPSA) is 133 Å². The maximum Gasteiger partial charge on any atom is 0.192 e. The molecule has 1 aromatic heterocycles. The first-order valence-corrected chi connectivity index (χ1v) is 19.0. The summed E-state index contributed by atoms with van der Waals surface area (Å²) < 4.78 is 0. The summed E-state index contributed by atoms with van der Waals surface area (Å²) >= 11 is 0. The summed E-state index contributed by atoms with van der Waals surface area (Å²) in [7, 11) is 0. The zero-order valence-electron chi connectivity index (χ0n) is 28.7. The van der Waals surface area contributed by atoms with Crippen LogP contribution in [0.1, 0.15) is 82.7 Å². The van der Waals surface area contributed by atoms with Crippen LogP contribution >= 0.6 is 0 Å². The molecule has 49 heavy (non-hydrogen) atoms. The number of aliphatic imine (C=N–C) groups is 1. The largest absolute Gasteiger partial charge is 0.396 e. The van der Waals surface area contributed by atoms with Crippen LogP contribution in [0.25, 0.3) is 10.9 Å². The van der Waals surface area contributed by atoms with Crippen molar-refractivity contribution in [2.24, 2.45) is 40.0 Å². The van der Waals surface area contributed by atoms with E-state index in [9.17, 15) is 20.4 Å². The van der Waals surface area contributed by atoms with Gasteiger partial charge >= 0.3 is 0 Å². The van der Waals surface area contributed by atoms with E-state index in [0.29, 0.717) is 50.7 Å². The van der Waals surface area contributed by atoms with Crippen molar-refractivity contribution in [3.8, 4) is 11.8 Å². The summed E-state index contributed by atoms with van der Waals surface area (Å²) in [5, 5.41) is 55.6. The maximum absolute atomic E-state index is 13.0. The lowest BCUT2D eigenvalue weighted by molar-refractivity contribution is -0.124. The number of hydrogen-bond donors (Lipinski definition) is 7. The minimum Gasteiger partial charge on any atom is -0.396 e. The van der Waals surface area contributed by atoms with E-state index in [2.05, 4.69) is 63.9 Å². The maximum atomic E-state index is 13.0. The lowest BCUT2D eigenvalue weighted by atomic mass is 9.48. The Labute approximate surface area is 290 Å². The highest BCUT2D eigenvalue weighted by atomic mass is 16.3. The molecule has 1 aromatic carbocycles. The van der Waals surface area contributed by atoms with Gasteiger partial charge in [-0.1, -0.05) is 67.7 Å². The third-order valence-electron chi connectivity index (χ3n) is 13.7. The van der Waals surface area contributed by atoms with Gasteiger partial charge in [-0.05, 0) is 92.1 Å². The molecule has 4 saturated carbocycles. The number of aliphatic hydroxyl groups excluding tert-OH is 2.